The summed E-state index contributed by atoms with van der Waals surface area (Å²) in [7, 11) is 0. The van der Waals surface area contributed by atoms with Crippen LogP contribution in [0, 0.1) is 32.4 Å². The molecule has 2 rings (SSSR count). The second-order valence-corrected chi connectivity index (χ2v) is 5.08. The number of carbonyl (C=O) groups is 1. The Balaban J connectivity index is 2.35. The second-order valence-electron chi connectivity index (χ2n) is 5.08. The Labute approximate surface area is 121 Å². The van der Waals surface area contributed by atoms with Crippen LogP contribution in [0.2, 0.25) is 0 Å². The first-order valence-electron chi connectivity index (χ1n) is 6.43. The van der Waals surface area contributed by atoms with Crippen molar-refractivity contribution in [3.05, 3.63) is 58.2 Å². The molecule has 0 atom stereocenters. The number of nitrogens with two attached hydrogens (primary N) is 1. The van der Waals surface area contributed by atoms with Crippen molar-refractivity contribution in [3.8, 4) is 0 Å². The van der Waals surface area contributed by atoms with E-state index in [1.807, 2.05) is 32.9 Å². The van der Waals surface area contributed by atoms with Crippen LogP contribution in [0.5, 0.6) is 0 Å². The number of benzene rings is 2. The maximum Gasteiger partial charge on any atom is 0.255 e. The molecule has 0 aliphatic carbocycles. The predicted octanol–water partition coefficient (Wildman–Crippen LogP) is 3.72. The highest BCUT2D eigenvalue weighted by molar-refractivity contribution is 6.05. The van der Waals surface area contributed by atoms with Gasteiger partial charge in [0.2, 0.25) is 0 Å². The van der Waals surface area contributed by atoms with Crippen LogP contribution in [0.1, 0.15) is 27.0 Å². The maximum absolute atomic E-state index is 13.4. The number of amides is 1. The van der Waals surface area contributed by atoms with Crippen LogP contribution in [0.25, 0.3) is 0 Å². The Hall–Kier alpha value is -2.43. The molecular weight excluding hydrogens is 274 g/mol. The molecule has 0 fully saturated rings. The Morgan fingerprint density at radius 1 is 1.00 bits per heavy atom. The van der Waals surface area contributed by atoms with Gasteiger partial charge in [-0.3, -0.25) is 4.79 Å². The van der Waals surface area contributed by atoms with Gasteiger partial charge in [0.15, 0.2) is 0 Å². The van der Waals surface area contributed by atoms with Gasteiger partial charge >= 0.3 is 0 Å². The lowest BCUT2D eigenvalue weighted by atomic mass is 10.0. The third-order valence-electron chi connectivity index (χ3n) is 3.26. The standard InChI is InChI=1S/C16H16F2N2O/c1-8-4-9(2)15(10(3)5-8)20-16(21)11-6-12(17)14(19)13(18)7-11/h4-7H,19H2,1-3H3,(H,20,21). The van der Waals surface area contributed by atoms with Gasteiger partial charge in [-0.15, -0.1) is 0 Å². The lowest BCUT2D eigenvalue weighted by Crippen LogP contribution is -2.15. The third kappa shape index (κ3) is 3.02. The van der Waals surface area contributed by atoms with Crippen LogP contribution >= 0.6 is 0 Å². The van der Waals surface area contributed by atoms with E-state index in [9.17, 15) is 13.6 Å². The average Bonchev–Trinajstić information content (AvgIpc) is 2.39. The van der Waals surface area contributed by atoms with Crippen LogP contribution in [0.3, 0.4) is 0 Å². The zero-order chi connectivity index (χ0) is 15.7. The molecule has 0 heterocycles. The summed E-state index contributed by atoms with van der Waals surface area (Å²) in [6.45, 7) is 5.68. The van der Waals surface area contributed by atoms with Crippen molar-refractivity contribution in [2.45, 2.75) is 20.8 Å². The highest BCUT2D eigenvalue weighted by Crippen LogP contribution is 2.23. The normalized spacial score (nSPS) is 10.5. The van der Waals surface area contributed by atoms with Crippen molar-refractivity contribution >= 4 is 17.3 Å². The molecule has 21 heavy (non-hydrogen) atoms. The number of aryl methyl sites for hydroxylation is 3. The van der Waals surface area contributed by atoms with Gasteiger partial charge in [-0.1, -0.05) is 17.7 Å². The molecule has 0 aliphatic rings. The molecule has 0 bridgehead atoms. The number of hydrogen-bond acceptors (Lipinski definition) is 2. The topological polar surface area (TPSA) is 55.1 Å². The van der Waals surface area contributed by atoms with Crippen molar-refractivity contribution in [2.75, 3.05) is 11.1 Å². The molecule has 1 amide bonds. The van der Waals surface area contributed by atoms with Gasteiger partial charge < -0.3 is 11.1 Å². The summed E-state index contributed by atoms with van der Waals surface area (Å²) in [5, 5.41) is 2.68. The highest BCUT2D eigenvalue weighted by atomic mass is 19.1. The van der Waals surface area contributed by atoms with E-state index in [1.165, 1.54) is 0 Å². The first-order valence-corrected chi connectivity index (χ1v) is 6.43. The van der Waals surface area contributed by atoms with Gasteiger partial charge in [-0.25, -0.2) is 8.78 Å². The Morgan fingerprint density at radius 3 is 1.95 bits per heavy atom. The van der Waals surface area contributed by atoms with Gasteiger partial charge in [0.05, 0.1) is 0 Å². The van der Waals surface area contributed by atoms with E-state index in [-0.39, 0.29) is 5.56 Å². The van der Waals surface area contributed by atoms with Crippen molar-refractivity contribution < 1.29 is 13.6 Å². The van der Waals surface area contributed by atoms with E-state index >= 15 is 0 Å². The summed E-state index contributed by atoms with van der Waals surface area (Å²) in [4.78, 5) is 12.1. The summed E-state index contributed by atoms with van der Waals surface area (Å²) in [5.41, 5.74) is 7.98. The largest absolute Gasteiger partial charge is 0.394 e. The first-order chi connectivity index (χ1) is 9.79. The Bertz CT molecular complexity index is 680. The number of hydrogen-bond donors (Lipinski definition) is 2. The zero-order valence-electron chi connectivity index (χ0n) is 12.1. The number of nitrogen functional groups attached to an aromatic ring is 1. The fourth-order valence-electron chi connectivity index (χ4n) is 2.28. The minimum Gasteiger partial charge on any atom is -0.394 e. The monoisotopic (exact) mass is 290 g/mol. The molecule has 0 unspecified atom stereocenters. The van der Waals surface area contributed by atoms with Crippen molar-refractivity contribution in [3.63, 3.8) is 0 Å². The van der Waals surface area contributed by atoms with Gasteiger partial charge in [0.1, 0.15) is 17.3 Å². The van der Waals surface area contributed by atoms with Crippen LogP contribution in [0.4, 0.5) is 20.2 Å². The fraction of sp³-hybridized carbons (Fsp3) is 0.188. The molecule has 5 heteroatoms. The zero-order valence-corrected chi connectivity index (χ0v) is 12.1. The van der Waals surface area contributed by atoms with Crippen molar-refractivity contribution in [1.82, 2.24) is 0 Å². The van der Waals surface area contributed by atoms with Crippen molar-refractivity contribution in [2.24, 2.45) is 0 Å². The first kappa shape index (κ1) is 15.0. The number of halogens is 2. The SMILES string of the molecule is Cc1cc(C)c(NC(=O)c2cc(F)c(N)c(F)c2)c(C)c1. The molecule has 0 saturated carbocycles. The minimum absolute atomic E-state index is 0.112. The molecule has 2 aromatic carbocycles. The number of nitrogens with one attached hydrogen (secondary N) is 1. The molecule has 0 saturated heterocycles. The smallest absolute Gasteiger partial charge is 0.255 e. The highest BCUT2D eigenvalue weighted by Gasteiger charge is 2.15. The van der Waals surface area contributed by atoms with Crippen molar-refractivity contribution in [1.29, 1.82) is 0 Å². The number of rotatable bonds is 2. The molecule has 3 N–H and O–H groups in total. The van der Waals surface area contributed by atoms with Gasteiger partial charge in [0, 0.05) is 11.3 Å². The lowest BCUT2D eigenvalue weighted by Gasteiger charge is -2.13. The quantitative estimate of drug-likeness (QED) is 0.828. The summed E-state index contributed by atoms with van der Waals surface area (Å²) in [5.74, 6) is -2.47. The van der Waals surface area contributed by atoms with Gasteiger partial charge in [-0.2, -0.15) is 0 Å². The molecule has 0 radical (unpaired) electrons. The molecule has 0 aliphatic heterocycles. The maximum atomic E-state index is 13.4. The average molecular weight is 290 g/mol. The van der Waals surface area contributed by atoms with Crippen LogP contribution in [-0.4, -0.2) is 5.91 Å². The Morgan fingerprint density at radius 2 is 1.48 bits per heavy atom. The van der Waals surface area contributed by atoms with Crippen LogP contribution in [0.15, 0.2) is 24.3 Å². The van der Waals surface area contributed by atoms with E-state index in [4.69, 9.17) is 5.73 Å². The summed E-state index contributed by atoms with van der Waals surface area (Å²) in [6, 6.07) is 5.69. The third-order valence-corrected chi connectivity index (χ3v) is 3.26. The van der Waals surface area contributed by atoms with Gasteiger partial charge in [-0.05, 0) is 44.0 Å². The summed E-state index contributed by atoms with van der Waals surface area (Å²) < 4.78 is 26.8. The minimum atomic E-state index is -0.947. The second kappa shape index (κ2) is 5.52. The van der Waals surface area contributed by atoms with E-state index in [0.717, 1.165) is 28.8 Å². The molecule has 0 aromatic heterocycles. The summed E-state index contributed by atoms with van der Waals surface area (Å²) >= 11 is 0. The number of anilines is 2. The summed E-state index contributed by atoms with van der Waals surface area (Å²) in [6.07, 6.45) is 0. The van der Waals surface area contributed by atoms with E-state index in [0.29, 0.717) is 5.69 Å². The van der Waals surface area contributed by atoms with Crippen LogP contribution in [-0.2, 0) is 0 Å². The predicted molar refractivity (Wildman–Crippen MR) is 79.4 cm³/mol. The fourth-order valence-corrected chi connectivity index (χ4v) is 2.28. The van der Waals surface area contributed by atoms with E-state index < -0.39 is 23.2 Å². The van der Waals surface area contributed by atoms with E-state index in [2.05, 4.69) is 5.32 Å². The molecule has 0 spiro atoms. The van der Waals surface area contributed by atoms with E-state index in [1.54, 1.807) is 0 Å². The molecular formula is C16H16F2N2O. The number of carbonyl (C=O) groups excluding carboxylic acids is 1. The molecule has 3 nitrogen and oxygen atoms in total. The molecule has 2 aromatic rings. The lowest BCUT2D eigenvalue weighted by molar-refractivity contribution is 0.102. The van der Waals surface area contributed by atoms with Gasteiger partial charge in [0.25, 0.3) is 5.91 Å². The molecule has 110 valence electrons. The Kier molecular flexibility index (Phi) is 3.93. The van der Waals surface area contributed by atoms with Crippen LogP contribution < -0.4 is 11.1 Å².